The van der Waals surface area contributed by atoms with Crippen molar-refractivity contribution < 1.29 is 14.3 Å². The average Bonchev–Trinajstić information content (AvgIpc) is 3.16. The molecule has 0 saturated carbocycles. The van der Waals surface area contributed by atoms with Crippen molar-refractivity contribution in [3.63, 3.8) is 0 Å². The van der Waals surface area contributed by atoms with Gasteiger partial charge < -0.3 is 15.3 Å². The van der Waals surface area contributed by atoms with Gasteiger partial charge in [0.1, 0.15) is 11.6 Å². The van der Waals surface area contributed by atoms with Crippen LogP contribution in [0.25, 0.3) is 0 Å². The van der Waals surface area contributed by atoms with Gasteiger partial charge in [0.25, 0.3) is 5.91 Å². The van der Waals surface area contributed by atoms with Crippen molar-refractivity contribution in [2.45, 2.75) is 31.9 Å². The number of carbonyl (C=O) groups excluding carboxylic acids is 1. The fraction of sp³-hybridized carbons (Fsp3) is 0.368. The van der Waals surface area contributed by atoms with Crippen LogP contribution in [0.5, 0.6) is 0 Å². The number of rotatable bonds is 5. The van der Waals surface area contributed by atoms with Gasteiger partial charge in [-0.2, -0.15) is 0 Å². The molecule has 1 saturated heterocycles. The topological polar surface area (TPSA) is 65.5 Å². The van der Waals surface area contributed by atoms with Gasteiger partial charge in [0.15, 0.2) is 0 Å². The van der Waals surface area contributed by atoms with Gasteiger partial charge in [-0.15, -0.1) is 0 Å². The molecule has 0 bridgehead atoms. The molecule has 132 valence electrons. The molecule has 0 aliphatic carbocycles. The van der Waals surface area contributed by atoms with Crippen molar-refractivity contribution in [1.29, 1.82) is 0 Å². The number of halogens is 1. The lowest BCUT2D eigenvalue weighted by atomic mass is 10.0. The third kappa shape index (κ3) is 3.96. The fourth-order valence-corrected chi connectivity index (χ4v) is 3.07. The van der Waals surface area contributed by atoms with Crippen molar-refractivity contribution >= 4 is 11.7 Å². The van der Waals surface area contributed by atoms with Crippen molar-refractivity contribution in [3.8, 4) is 0 Å². The number of pyridine rings is 1. The van der Waals surface area contributed by atoms with Crippen molar-refractivity contribution in [3.05, 3.63) is 59.5 Å². The van der Waals surface area contributed by atoms with E-state index in [0.717, 1.165) is 25.9 Å². The van der Waals surface area contributed by atoms with E-state index in [1.165, 1.54) is 24.3 Å². The number of benzene rings is 1. The van der Waals surface area contributed by atoms with Crippen LogP contribution in [-0.2, 0) is 0 Å². The number of carbonyl (C=O) groups is 1. The highest BCUT2D eigenvalue weighted by Gasteiger charge is 2.24. The molecule has 2 atom stereocenters. The normalized spacial score (nSPS) is 16.5. The Morgan fingerprint density at radius 1 is 1.24 bits per heavy atom. The molecule has 2 N–H and O–H groups in total. The summed E-state index contributed by atoms with van der Waals surface area (Å²) >= 11 is 0. The van der Waals surface area contributed by atoms with Crippen LogP contribution in [0, 0.1) is 5.82 Å². The minimum absolute atomic E-state index is 0.274. The first-order valence-electron chi connectivity index (χ1n) is 8.50. The van der Waals surface area contributed by atoms with E-state index < -0.39 is 12.1 Å². The van der Waals surface area contributed by atoms with Gasteiger partial charge in [0.05, 0.1) is 17.7 Å². The minimum Gasteiger partial charge on any atom is -0.386 e. The standard InChI is InChI=1S/C19H22FN3O2/c1-13(17(24)14-6-8-15(20)9-7-14)22-19(25)16-5-4-10-21-18(16)23-11-2-3-12-23/h4-10,13,17,24H,2-3,11-12H2,1H3,(H,22,25). The molecule has 1 aromatic heterocycles. The molecular formula is C19H22FN3O2. The molecule has 0 spiro atoms. The Morgan fingerprint density at radius 3 is 2.60 bits per heavy atom. The van der Waals surface area contributed by atoms with E-state index in [2.05, 4.69) is 15.2 Å². The van der Waals surface area contributed by atoms with Gasteiger partial charge in [-0.05, 0) is 49.6 Å². The van der Waals surface area contributed by atoms with E-state index in [9.17, 15) is 14.3 Å². The molecule has 6 heteroatoms. The van der Waals surface area contributed by atoms with Crippen LogP contribution in [0.2, 0.25) is 0 Å². The zero-order chi connectivity index (χ0) is 17.8. The van der Waals surface area contributed by atoms with Crippen LogP contribution >= 0.6 is 0 Å². The summed E-state index contributed by atoms with van der Waals surface area (Å²) in [5.41, 5.74) is 1.06. The van der Waals surface area contributed by atoms with E-state index in [0.29, 0.717) is 16.9 Å². The Morgan fingerprint density at radius 2 is 1.92 bits per heavy atom. The first-order chi connectivity index (χ1) is 12.1. The number of anilines is 1. The molecule has 25 heavy (non-hydrogen) atoms. The Labute approximate surface area is 146 Å². The second kappa shape index (κ2) is 7.61. The summed E-state index contributed by atoms with van der Waals surface area (Å²) in [5, 5.41) is 13.2. The highest BCUT2D eigenvalue weighted by atomic mass is 19.1. The summed E-state index contributed by atoms with van der Waals surface area (Å²) in [6.07, 6.45) is 2.95. The molecule has 1 aromatic carbocycles. The number of hydrogen-bond donors (Lipinski definition) is 2. The van der Waals surface area contributed by atoms with Crippen LogP contribution in [0.1, 0.15) is 41.8 Å². The van der Waals surface area contributed by atoms with Crippen LogP contribution in [-0.4, -0.2) is 35.1 Å². The van der Waals surface area contributed by atoms with Gasteiger partial charge in [0.2, 0.25) is 0 Å². The highest BCUT2D eigenvalue weighted by molar-refractivity contribution is 5.99. The lowest BCUT2D eigenvalue weighted by Gasteiger charge is -2.23. The van der Waals surface area contributed by atoms with Crippen LogP contribution in [0.3, 0.4) is 0 Å². The maximum atomic E-state index is 13.0. The molecule has 2 aromatic rings. The summed E-state index contributed by atoms with van der Waals surface area (Å²) in [7, 11) is 0. The molecule has 2 heterocycles. The van der Waals surface area contributed by atoms with Crippen LogP contribution < -0.4 is 10.2 Å². The number of amides is 1. The molecule has 2 unspecified atom stereocenters. The average molecular weight is 343 g/mol. The number of hydrogen-bond acceptors (Lipinski definition) is 4. The van der Waals surface area contributed by atoms with E-state index in [-0.39, 0.29) is 11.7 Å². The quantitative estimate of drug-likeness (QED) is 0.876. The lowest BCUT2D eigenvalue weighted by Crippen LogP contribution is -2.38. The molecule has 3 rings (SSSR count). The smallest absolute Gasteiger partial charge is 0.255 e. The first kappa shape index (κ1) is 17.4. The Kier molecular flexibility index (Phi) is 5.28. The third-order valence-corrected chi connectivity index (χ3v) is 4.48. The fourth-order valence-electron chi connectivity index (χ4n) is 3.07. The summed E-state index contributed by atoms with van der Waals surface area (Å²) in [6.45, 7) is 3.51. The van der Waals surface area contributed by atoms with Crippen molar-refractivity contribution in [2.24, 2.45) is 0 Å². The SMILES string of the molecule is CC(NC(=O)c1cccnc1N1CCCC1)C(O)c1ccc(F)cc1. The molecule has 5 nitrogen and oxygen atoms in total. The number of aliphatic hydroxyl groups excluding tert-OH is 1. The largest absolute Gasteiger partial charge is 0.386 e. The molecule has 1 fully saturated rings. The predicted octanol–water partition coefficient (Wildman–Crippen LogP) is 2.67. The molecule has 1 aliphatic rings. The predicted molar refractivity (Wildman–Crippen MR) is 94.0 cm³/mol. The molecule has 1 amide bonds. The molecule has 1 aliphatic heterocycles. The summed E-state index contributed by atoms with van der Waals surface area (Å²) in [5.74, 6) is 0.0443. The lowest BCUT2D eigenvalue weighted by molar-refractivity contribution is 0.0852. The highest BCUT2D eigenvalue weighted by Crippen LogP contribution is 2.23. The van der Waals surface area contributed by atoms with Gasteiger partial charge in [-0.3, -0.25) is 4.79 Å². The second-order valence-corrected chi connectivity index (χ2v) is 6.33. The second-order valence-electron chi connectivity index (χ2n) is 6.33. The monoisotopic (exact) mass is 343 g/mol. The summed E-state index contributed by atoms with van der Waals surface area (Å²) < 4.78 is 13.0. The molecular weight excluding hydrogens is 321 g/mol. The van der Waals surface area contributed by atoms with Gasteiger partial charge >= 0.3 is 0 Å². The zero-order valence-electron chi connectivity index (χ0n) is 14.2. The van der Waals surface area contributed by atoms with E-state index in [4.69, 9.17) is 0 Å². The van der Waals surface area contributed by atoms with E-state index in [1.807, 2.05) is 0 Å². The number of aliphatic hydroxyl groups is 1. The first-order valence-corrected chi connectivity index (χ1v) is 8.50. The maximum Gasteiger partial charge on any atom is 0.255 e. The van der Waals surface area contributed by atoms with Crippen molar-refractivity contribution in [2.75, 3.05) is 18.0 Å². The Hall–Kier alpha value is -2.47. The maximum absolute atomic E-state index is 13.0. The summed E-state index contributed by atoms with van der Waals surface area (Å²) in [6, 6.07) is 8.57. The van der Waals surface area contributed by atoms with E-state index >= 15 is 0 Å². The molecule has 0 radical (unpaired) electrons. The van der Waals surface area contributed by atoms with Crippen LogP contribution in [0.4, 0.5) is 10.2 Å². The van der Waals surface area contributed by atoms with Crippen LogP contribution in [0.15, 0.2) is 42.6 Å². The van der Waals surface area contributed by atoms with Gasteiger partial charge in [0, 0.05) is 19.3 Å². The van der Waals surface area contributed by atoms with Gasteiger partial charge in [-0.1, -0.05) is 12.1 Å². The van der Waals surface area contributed by atoms with E-state index in [1.54, 1.807) is 25.3 Å². The third-order valence-electron chi connectivity index (χ3n) is 4.48. The van der Waals surface area contributed by atoms with Crippen molar-refractivity contribution in [1.82, 2.24) is 10.3 Å². The Bertz CT molecular complexity index is 730. The minimum atomic E-state index is -0.920. The zero-order valence-corrected chi connectivity index (χ0v) is 14.2. The number of nitrogens with zero attached hydrogens (tertiary/aromatic N) is 2. The summed E-state index contributed by atoms with van der Waals surface area (Å²) in [4.78, 5) is 19.1. The Balaban J connectivity index is 1.72. The van der Waals surface area contributed by atoms with Gasteiger partial charge in [-0.25, -0.2) is 9.37 Å². The number of nitrogens with one attached hydrogen (secondary N) is 1. The number of aromatic nitrogens is 1.